The Morgan fingerprint density at radius 2 is 2.07 bits per heavy atom. The quantitative estimate of drug-likeness (QED) is 0.566. The van der Waals surface area contributed by atoms with Gasteiger partial charge in [-0.25, -0.2) is 4.79 Å². The number of rotatable bonds is 4. The molecule has 1 aromatic carbocycles. The second-order valence-electron chi connectivity index (χ2n) is 8.36. The van der Waals surface area contributed by atoms with Crippen molar-refractivity contribution in [2.24, 2.45) is 0 Å². The van der Waals surface area contributed by atoms with Gasteiger partial charge in [-0.05, 0) is 45.0 Å². The molecular formula is C20H27ClN4O4. The van der Waals surface area contributed by atoms with Crippen LogP contribution in [0.4, 0.5) is 4.79 Å². The first-order chi connectivity index (χ1) is 13.5. The van der Waals surface area contributed by atoms with E-state index in [-0.39, 0.29) is 12.3 Å². The number of nitrogens with zero attached hydrogens (tertiary/aromatic N) is 1. The number of aliphatic hydroxyl groups excluding tert-OH is 1. The van der Waals surface area contributed by atoms with Crippen molar-refractivity contribution in [1.82, 2.24) is 20.5 Å². The number of nitrogens with one attached hydrogen (secondary N) is 3. The third kappa shape index (κ3) is 5.41. The zero-order valence-corrected chi connectivity index (χ0v) is 17.7. The Hall–Kier alpha value is -2.29. The molecule has 0 radical (unpaired) electrons. The summed E-state index contributed by atoms with van der Waals surface area (Å²) in [5.74, 6) is -0.0691. The molecule has 1 saturated heterocycles. The van der Waals surface area contributed by atoms with Crippen LogP contribution in [0.5, 0.6) is 0 Å². The summed E-state index contributed by atoms with van der Waals surface area (Å²) in [6.45, 7) is 5.66. The second-order valence-corrected chi connectivity index (χ2v) is 8.80. The van der Waals surface area contributed by atoms with Crippen molar-refractivity contribution in [3.8, 4) is 0 Å². The molecule has 4 N–H and O–H groups in total. The average molecular weight is 423 g/mol. The number of aliphatic hydroxyl groups is 1. The van der Waals surface area contributed by atoms with Crippen LogP contribution in [0, 0.1) is 0 Å². The van der Waals surface area contributed by atoms with Gasteiger partial charge < -0.3 is 25.0 Å². The Labute approximate surface area is 174 Å². The number of aromatic amines is 1. The van der Waals surface area contributed by atoms with Gasteiger partial charge in [-0.15, -0.1) is 0 Å². The molecule has 1 fully saturated rings. The number of ether oxygens (including phenoxy) is 1. The fourth-order valence-corrected chi connectivity index (χ4v) is 3.54. The molecule has 1 aliphatic rings. The van der Waals surface area contributed by atoms with Gasteiger partial charge >= 0.3 is 6.09 Å². The molecule has 2 amide bonds. The highest BCUT2D eigenvalue weighted by molar-refractivity contribution is 6.31. The predicted molar refractivity (Wildman–Crippen MR) is 111 cm³/mol. The maximum absolute atomic E-state index is 12.2. The van der Waals surface area contributed by atoms with Gasteiger partial charge in [-0.1, -0.05) is 11.6 Å². The second kappa shape index (κ2) is 8.22. The van der Waals surface area contributed by atoms with Gasteiger partial charge in [0.05, 0.1) is 11.7 Å². The van der Waals surface area contributed by atoms with Crippen LogP contribution in [0.15, 0.2) is 24.3 Å². The van der Waals surface area contributed by atoms with Crippen LogP contribution in [-0.4, -0.2) is 58.3 Å². The van der Waals surface area contributed by atoms with Crippen molar-refractivity contribution < 1.29 is 19.4 Å². The van der Waals surface area contributed by atoms with Gasteiger partial charge in [0.2, 0.25) is 5.91 Å². The van der Waals surface area contributed by atoms with E-state index in [9.17, 15) is 14.7 Å². The number of benzene rings is 1. The smallest absolute Gasteiger partial charge is 0.407 e. The fourth-order valence-electron chi connectivity index (χ4n) is 3.36. The lowest BCUT2D eigenvalue weighted by molar-refractivity contribution is -0.134. The molecule has 3 rings (SSSR count). The van der Waals surface area contributed by atoms with Crippen molar-refractivity contribution in [3.63, 3.8) is 0 Å². The molecule has 2 unspecified atom stereocenters. The number of alkyl carbamates (subject to hydrolysis) is 1. The monoisotopic (exact) mass is 422 g/mol. The number of H-pyrrole nitrogens is 1. The molecule has 0 aliphatic carbocycles. The van der Waals surface area contributed by atoms with Gasteiger partial charge in [-0.3, -0.25) is 10.1 Å². The van der Waals surface area contributed by atoms with Gasteiger partial charge in [0.1, 0.15) is 11.8 Å². The summed E-state index contributed by atoms with van der Waals surface area (Å²) >= 11 is 6.02. The van der Waals surface area contributed by atoms with E-state index in [1.165, 1.54) is 0 Å². The van der Waals surface area contributed by atoms with Crippen LogP contribution in [0.25, 0.3) is 10.9 Å². The number of likely N-dealkylation sites (N-methyl/N-ethyl adjacent to an activating group) is 1. The summed E-state index contributed by atoms with van der Waals surface area (Å²) in [5, 5.41) is 18.0. The van der Waals surface area contributed by atoms with E-state index in [4.69, 9.17) is 16.3 Å². The highest BCUT2D eigenvalue weighted by Gasteiger charge is 2.35. The van der Waals surface area contributed by atoms with Crippen LogP contribution in [0.3, 0.4) is 0 Å². The number of piperidine rings is 1. The molecule has 1 aliphatic heterocycles. The van der Waals surface area contributed by atoms with E-state index in [2.05, 4.69) is 15.6 Å². The summed E-state index contributed by atoms with van der Waals surface area (Å²) < 4.78 is 5.33. The van der Waals surface area contributed by atoms with E-state index in [1.807, 2.05) is 6.07 Å². The maximum Gasteiger partial charge on any atom is 0.407 e. The molecule has 8 nitrogen and oxygen atoms in total. The van der Waals surface area contributed by atoms with E-state index < -0.39 is 30.0 Å². The SMILES string of the molecule is CN1CC(NC(=O)OC(C)(C)C)[C@H](NC(O)c2cc3cc(Cl)ccc3[nH]2)CC1=O. The van der Waals surface area contributed by atoms with Gasteiger partial charge in [-0.2, -0.15) is 0 Å². The lowest BCUT2D eigenvalue weighted by Crippen LogP contribution is -2.61. The van der Waals surface area contributed by atoms with E-state index in [0.717, 1.165) is 10.9 Å². The van der Waals surface area contributed by atoms with E-state index in [0.29, 0.717) is 17.3 Å². The molecule has 2 heterocycles. The van der Waals surface area contributed by atoms with Crippen molar-refractivity contribution in [2.45, 2.75) is 51.1 Å². The Morgan fingerprint density at radius 3 is 2.76 bits per heavy atom. The number of hydrogen-bond acceptors (Lipinski definition) is 5. The number of carbonyl (C=O) groups excluding carboxylic acids is 2. The Kier molecular flexibility index (Phi) is 6.07. The summed E-state index contributed by atoms with van der Waals surface area (Å²) in [4.78, 5) is 29.1. The van der Waals surface area contributed by atoms with Crippen LogP contribution in [-0.2, 0) is 9.53 Å². The number of carbonyl (C=O) groups is 2. The van der Waals surface area contributed by atoms with E-state index in [1.54, 1.807) is 50.9 Å². The number of amides is 2. The first kappa shape index (κ1) is 21.4. The predicted octanol–water partition coefficient (Wildman–Crippen LogP) is 2.53. The molecular weight excluding hydrogens is 396 g/mol. The zero-order valence-electron chi connectivity index (χ0n) is 17.0. The summed E-state index contributed by atoms with van der Waals surface area (Å²) in [5.41, 5.74) is 0.756. The van der Waals surface area contributed by atoms with Crippen molar-refractivity contribution >= 4 is 34.5 Å². The third-order valence-corrected chi connectivity index (χ3v) is 4.98. The normalized spacial score (nSPS) is 21.3. The van der Waals surface area contributed by atoms with Crippen LogP contribution in [0.2, 0.25) is 5.02 Å². The zero-order chi connectivity index (χ0) is 21.3. The Balaban J connectivity index is 1.73. The molecule has 3 atom stereocenters. The topological polar surface area (TPSA) is 107 Å². The highest BCUT2D eigenvalue weighted by atomic mass is 35.5. The molecule has 29 heavy (non-hydrogen) atoms. The molecule has 0 bridgehead atoms. The number of fused-ring (bicyclic) bond motifs is 1. The molecule has 0 saturated carbocycles. The van der Waals surface area contributed by atoms with Gasteiger partial charge in [0.25, 0.3) is 0 Å². The number of aromatic nitrogens is 1. The average Bonchev–Trinajstić information content (AvgIpc) is 3.00. The summed E-state index contributed by atoms with van der Waals surface area (Å²) in [7, 11) is 1.68. The maximum atomic E-state index is 12.2. The molecule has 158 valence electrons. The van der Waals surface area contributed by atoms with Crippen molar-refractivity contribution in [1.29, 1.82) is 0 Å². The summed E-state index contributed by atoms with van der Waals surface area (Å²) in [6, 6.07) is 6.32. The standard InChI is InChI=1S/C20H27ClN4O4/c1-20(2,3)29-19(28)24-16-10-25(4)17(26)9-14(16)23-18(27)15-8-11-7-12(21)5-6-13(11)22-15/h5-8,14,16,18,22-23,27H,9-10H2,1-4H3,(H,24,28)/t14-,16?,18?/m1/s1. The van der Waals surface area contributed by atoms with Crippen LogP contribution in [0.1, 0.15) is 39.1 Å². The lowest BCUT2D eigenvalue weighted by Gasteiger charge is -2.38. The minimum atomic E-state index is -1.05. The molecule has 1 aromatic heterocycles. The molecule has 2 aromatic rings. The minimum Gasteiger partial charge on any atom is -0.444 e. The third-order valence-electron chi connectivity index (χ3n) is 4.75. The Bertz CT molecular complexity index is 908. The van der Waals surface area contributed by atoms with Gasteiger partial charge in [0, 0.05) is 42.0 Å². The van der Waals surface area contributed by atoms with Crippen LogP contribution >= 0.6 is 11.6 Å². The molecule has 9 heteroatoms. The van der Waals surface area contributed by atoms with Crippen LogP contribution < -0.4 is 10.6 Å². The number of likely N-dealkylation sites (tertiary alicyclic amines) is 1. The number of hydrogen-bond donors (Lipinski definition) is 4. The molecule has 0 spiro atoms. The fraction of sp³-hybridized carbons (Fsp3) is 0.500. The van der Waals surface area contributed by atoms with Crippen molar-refractivity contribution in [3.05, 3.63) is 35.0 Å². The highest BCUT2D eigenvalue weighted by Crippen LogP contribution is 2.24. The first-order valence-corrected chi connectivity index (χ1v) is 9.85. The lowest BCUT2D eigenvalue weighted by atomic mass is 9.98. The largest absolute Gasteiger partial charge is 0.444 e. The van der Waals surface area contributed by atoms with Crippen molar-refractivity contribution in [2.75, 3.05) is 13.6 Å². The van der Waals surface area contributed by atoms with E-state index >= 15 is 0 Å². The first-order valence-electron chi connectivity index (χ1n) is 9.47. The number of halogens is 1. The minimum absolute atomic E-state index is 0.0691. The Morgan fingerprint density at radius 1 is 1.34 bits per heavy atom. The van der Waals surface area contributed by atoms with Gasteiger partial charge in [0.15, 0.2) is 0 Å². The summed E-state index contributed by atoms with van der Waals surface area (Å²) in [6.07, 6.45) is -1.47.